The minimum Gasteiger partial charge on any atom is -0.490 e. The molecule has 0 saturated carbocycles. The van der Waals surface area contributed by atoms with Crippen LogP contribution in [0.4, 0.5) is 0 Å². The molecule has 1 aliphatic carbocycles. The van der Waals surface area contributed by atoms with E-state index in [2.05, 4.69) is 27.0 Å². The van der Waals surface area contributed by atoms with E-state index >= 15 is 0 Å². The monoisotopic (exact) mass is 429 g/mol. The van der Waals surface area contributed by atoms with E-state index in [9.17, 15) is 4.79 Å². The lowest BCUT2D eigenvalue weighted by atomic mass is 9.99. The Hall–Kier alpha value is -2.14. The summed E-state index contributed by atoms with van der Waals surface area (Å²) < 4.78 is 12.1. The molecule has 0 saturated heterocycles. The molecule has 0 amide bonds. The molecule has 0 atom stereocenters. The number of hydrogen-bond donors (Lipinski definition) is 0. The largest absolute Gasteiger partial charge is 0.490 e. The van der Waals surface area contributed by atoms with Gasteiger partial charge in [0.15, 0.2) is 0 Å². The van der Waals surface area contributed by atoms with E-state index in [0.29, 0.717) is 12.3 Å². The van der Waals surface area contributed by atoms with Gasteiger partial charge in [-0.15, -0.1) is 0 Å². The van der Waals surface area contributed by atoms with Crippen molar-refractivity contribution in [2.75, 3.05) is 6.61 Å². The van der Waals surface area contributed by atoms with Gasteiger partial charge in [0.1, 0.15) is 11.4 Å². The molecule has 5 heteroatoms. The SMILES string of the molecule is CCOC(=O)c1cccc(C2=C(c3cc(Br)ccc3OC(C)C)CCC2)n1. The van der Waals surface area contributed by atoms with Gasteiger partial charge in [0, 0.05) is 10.0 Å². The van der Waals surface area contributed by atoms with Crippen molar-refractivity contribution in [3.63, 3.8) is 0 Å². The number of halogens is 1. The number of pyridine rings is 1. The molecule has 142 valence electrons. The summed E-state index contributed by atoms with van der Waals surface area (Å²) in [6, 6.07) is 11.6. The average molecular weight is 430 g/mol. The summed E-state index contributed by atoms with van der Waals surface area (Å²) in [5.41, 5.74) is 4.69. The van der Waals surface area contributed by atoms with Crippen LogP contribution in [0.15, 0.2) is 40.9 Å². The van der Waals surface area contributed by atoms with Crippen LogP contribution in [0.25, 0.3) is 11.1 Å². The molecule has 0 N–H and O–H groups in total. The van der Waals surface area contributed by atoms with Gasteiger partial charge in [-0.05, 0) is 81.5 Å². The highest BCUT2D eigenvalue weighted by Gasteiger charge is 2.23. The first-order chi connectivity index (χ1) is 13.0. The maximum atomic E-state index is 12.1. The zero-order chi connectivity index (χ0) is 19.4. The standard InChI is InChI=1S/C22H24BrNO3/c1-4-26-22(25)20-10-6-9-19(24-20)17-8-5-7-16(17)18-13-15(23)11-12-21(18)27-14(2)3/h6,9-14H,4-5,7-8H2,1-3H3. The summed E-state index contributed by atoms with van der Waals surface area (Å²) >= 11 is 3.58. The molecule has 3 rings (SSSR count). The Labute approximate surface area is 168 Å². The molecule has 0 bridgehead atoms. The quantitative estimate of drug-likeness (QED) is 0.535. The molecule has 4 nitrogen and oxygen atoms in total. The van der Waals surface area contributed by atoms with E-state index in [0.717, 1.165) is 40.7 Å². The summed E-state index contributed by atoms with van der Waals surface area (Å²) in [7, 11) is 0. The highest BCUT2D eigenvalue weighted by molar-refractivity contribution is 9.10. The van der Waals surface area contributed by atoms with Crippen LogP contribution in [0, 0.1) is 0 Å². The first kappa shape index (κ1) is 19.6. The van der Waals surface area contributed by atoms with Gasteiger partial charge < -0.3 is 9.47 Å². The van der Waals surface area contributed by atoms with Crippen molar-refractivity contribution in [3.8, 4) is 5.75 Å². The number of hydrogen-bond acceptors (Lipinski definition) is 4. The Morgan fingerprint density at radius 2 is 1.96 bits per heavy atom. The Morgan fingerprint density at radius 3 is 2.70 bits per heavy atom. The first-order valence-electron chi connectivity index (χ1n) is 9.32. The fraction of sp³-hybridized carbons (Fsp3) is 0.364. The van der Waals surface area contributed by atoms with Crippen molar-refractivity contribution in [1.29, 1.82) is 0 Å². The van der Waals surface area contributed by atoms with E-state index in [1.165, 1.54) is 11.1 Å². The van der Waals surface area contributed by atoms with Gasteiger partial charge in [0.25, 0.3) is 0 Å². The Bertz CT molecular complexity index is 874. The number of esters is 1. The van der Waals surface area contributed by atoms with Crippen LogP contribution in [-0.2, 0) is 4.74 Å². The Kier molecular flexibility index (Phi) is 6.32. The third-order valence-corrected chi connectivity index (χ3v) is 4.88. The molecular weight excluding hydrogens is 406 g/mol. The fourth-order valence-electron chi connectivity index (χ4n) is 3.34. The van der Waals surface area contributed by atoms with Crippen molar-refractivity contribution in [2.24, 2.45) is 0 Å². The molecule has 0 radical (unpaired) electrons. The summed E-state index contributed by atoms with van der Waals surface area (Å²) in [5, 5.41) is 0. The van der Waals surface area contributed by atoms with Crippen molar-refractivity contribution in [3.05, 3.63) is 57.8 Å². The first-order valence-corrected chi connectivity index (χ1v) is 10.1. The van der Waals surface area contributed by atoms with Gasteiger partial charge in [-0.2, -0.15) is 0 Å². The molecule has 27 heavy (non-hydrogen) atoms. The number of ether oxygens (including phenoxy) is 2. The van der Waals surface area contributed by atoms with Crippen molar-refractivity contribution < 1.29 is 14.3 Å². The van der Waals surface area contributed by atoms with Gasteiger partial charge in [-0.1, -0.05) is 22.0 Å². The van der Waals surface area contributed by atoms with E-state index < -0.39 is 0 Å². The van der Waals surface area contributed by atoms with Gasteiger partial charge >= 0.3 is 5.97 Å². The van der Waals surface area contributed by atoms with Crippen LogP contribution in [-0.4, -0.2) is 23.7 Å². The number of aromatic nitrogens is 1. The van der Waals surface area contributed by atoms with Gasteiger partial charge in [0.05, 0.1) is 18.4 Å². The highest BCUT2D eigenvalue weighted by atomic mass is 79.9. The van der Waals surface area contributed by atoms with Crippen LogP contribution >= 0.6 is 15.9 Å². The van der Waals surface area contributed by atoms with Crippen LogP contribution < -0.4 is 4.74 Å². The number of carbonyl (C=O) groups is 1. The molecule has 0 unspecified atom stereocenters. The van der Waals surface area contributed by atoms with E-state index in [-0.39, 0.29) is 12.1 Å². The van der Waals surface area contributed by atoms with Gasteiger partial charge in [0.2, 0.25) is 0 Å². The maximum absolute atomic E-state index is 12.1. The molecule has 0 aliphatic heterocycles. The van der Waals surface area contributed by atoms with Gasteiger partial charge in [-0.25, -0.2) is 9.78 Å². The molecular formula is C22H24BrNO3. The van der Waals surface area contributed by atoms with Crippen molar-refractivity contribution >= 4 is 33.0 Å². The molecule has 1 aromatic carbocycles. The predicted molar refractivity (Wildman–Crippen MR) is 111 cm³/mol. The number of rotatable bonds is 6. The third kappa shape index (κ3) is 4.59. The van der Waals surface area contributed by atoms with Crippen LogP contribution in [0.5, 0.6) is 5.75 Å². The third-order valence-electron chi connectivity index (χ3n) is 4.39. The van der Waals surface area contributed by atoms with Gasteiger partial charge in [-0.3, -0.25) is 0 Å². The highest BCUT2D eigenvalue weighted by Crippen LogP contribution is 2.43. The zero-order valence-electron chi connectivity index (χ0n) is 15.9. The topological polar surface area (TPSA) is 48.4 Å². The number of nitrogens with zero attached hydrogens (tertiary/aromatic N) is 1. The number of allylic oxidation sites excluding steroid dienone is 2. The molecule has 1 heterocycles. The van der Waals surface area contributed by atoms with E-state index in [1.807, 2.05) is 38.1 Å². The smallest absolute Gasteiger partial charge is 0.356 e. The minimum absolute atomic E-state index is 0.0978. The Morgan fingerprint density at radius 1 is 1.19 bits per heavy atom. The second kappa shape index (κ2) is 8.70. The van der Waals surface area contributed by atoms with E-state index in [1.54, 1.807) is 13.0 Å². The lowest BCUT2D eigenvalue weighted by Gasteiger charge is -2.17. The minimum atomic E-state index is -0.384. The summed E-state index contributed by atoms with van der Waals surface area (Å²) in [6.07, 6.45) is 3.05. The van der Waals surface area contributed by atoms with Crippen molar-refractivity contribution in [1.82, 2.24) is 4.98 Å². The summed E-state index contributed by atoms with van der Waals surface area (Å²) in [5.74, 6) is 0.495. The van der Waals surface area contributed by atoms with Crippen LogP contribution in [0.2, 0.25) is 0 Å². The molecule has 0 spiro atoms. The second-order valence-corrected chi connectivity index (χ2v) is 7.66. The normalized spacial score (nSPS) is 14.0. The number of carbonyl (C=O) groups excluding carboxylic acids is 1. The van der Waals surface area contributed by atoms with E-state index in [4.69, 9.17) is 9.47 Å². The lowest BCUT2D eigenvalue weighted by molar-refractivity contribution is 0.0519. The molecule has 1 aliphatic rings. The molecule has 1 aromatic heterocycles. The molecule has 0 fully saturated rings. The Balaban J connectivity index is 2.06. The fourth-order valence-corrected chi connectivity index (χ4v) is 3.70. The van der Waals surface area contributed by atoms with Crippen LogP contribution in [0.3, 0.4) is 0 Å². The summed E-state index contributed by atoms with van der Waals surface area (Å²) in [4.78, 5) is 16.6. The zero-order valence-corrected chi connectivity index (χ0v) is 17.5. The molecule has 2 aromatic rings. The maximum Gasteiger partial charge on any atom is 0.356 e. The lowest BCUT2D eigenvalue weighted by Crippen LogP contribution is -2.08. The average Bonchev–Trinajstić information content (AvgIpc) is 3.13. The van der Waals surface area contributed by atoms with Crippen molar-refractivity contribution in [2.45, 2.75) is 46.1 Å². The predicted octanol–water partition coefficient (Wildman–Crippen LogP) is 5.90. The second-order valence-electron chi connectivity index (χ2n) is 6.75. The summed E-state index contributed by atoms with van der Waals surface area (Å²) in [6.45, 7) is 6.19. The van der Waals surface area contributed by atoms with Crippen LogP contribution in [0.1, 0.15) is 61.8 Å². The number of benzene rings is 1.